The van der Waals surface area contributed by atoms with Crippen LogP contribution in [-0.2, 0) is 16.4 Å². The van der Waals surface area contributed by atoms with Crippen LogP contribution < -0.4 is 4.72 Å². The van der Waals surface area contributed by atoms with E-state index in [2.05, 4.69) is 4.72 Å². The summed E-state index contributed by atoms with van der Waals surface area (Å²) in [7, 11) is -3.64. The lowest BCUT2D eigenvalue weighted by molar-refractivity contribution is 0.0656. The van der Waals surface area contributed by atoms with Gasteiger partial charge in [0.1, 0.15) is 0 Å². The highest BCUT2D eigenvalue weighted by atomic mass is 32.2. The van der Waals surface area contributed by atoms with E-state index in [4.69, 9.17) is 0 Å². The van der Waals surface area contributed by atoms with E-state index >= 15 is 0 Å². The Labute approximate surface area is 168 Å². The maximum atomic E-state index is 12.4. The lowest BCUT2D eigenvalue weighted by Gasteiger charge is -2.14. The molecule has 0 aromatic heterocycles. The number of rotatable bonds is 6. The zero-order valence-electron chi connectivity index (χ0n) is 15.4. The highest BCUT2D eigenvalue weighted by Gasteiger charge is 2.34. The van der Waals surface area contributed by atoms with Gasteiger partial charge in [0.25, 0.3) is 21.8 Å². The summed E-state index contributed by atoms with van der Waals surface area (Å²) in [6.45, 7) is 0.265. The molecule has 1 aliphatic heterocycles. The molecule has 1 aliphatic rings. The molecule has 0 aliphatic carbocycles. The summed E-state index contributed by atoms with van der Waals surface area (Å²) in [5, 5.41) is 0. The molecular weight excluding hydrogens is 388 g/mol. The Morgan fingerprint density at radius 3 is 1.86 bits per heavy atom. The normalized spacial score (nSPS) is 13.4. The van der Waals surface area contributed by atoms with E-state index in [1.807, 2.05) is 0 Å². The number of carbonyl (C=O) groups excluding carboxylic acids is 2. The predicted octanol–water partition coefficient (Wildman–Crippen LogP) is 3.33. The van der Waals surface area contributed by atoms with Crippen molar-refractivity contribution in [2.75, 3.05) is 11.3 Å². The third-order valence-corrected chi connectivity index (χ3v) is 6.16. The van der Waals surface area contributed by atoms with Crippen LogP contribution in [0.1, 0.15) is 26.3 Å². The van der Waals surface area contributed by atoms with Crippen molar-refractivity contribution in [2.45, 2.75) is 11.3 Å². The molecule has 0 atom stereocenters. The van der Waals surface area contributed by atoms with Gasteiger partial charge in [0, 0.05) is 12.2 Å². The lowest BCUT2D eigenvalue weighted by atomic mass is 10.1. The third-order valence-electron chi connectivity index (χ3n) is 4.76. The molecule has 1 N–H and O–H groups in total. The number of hydrogen-bond acceptors (Lipinski definition) is 4. The Balaban J connectivity index is 1.41. The Bertz CT molecular complexity index is 1140. The van der Waals surface area contributed by atoms with Crippen LogP contribution >= 0.6 is 0 Å². The first-order chi connectivity index (χ1) is 14.0. The second-order valence-electron chi connectivity index (χ2n) is 6.67. The van der Waals surface area contributed by atoms with Crippen molar-refractivity contribution in [1.29, 1.82) is 0 Å². The van der Waals surface area contributed by atoms with E-state index < -0.39 is 10.0 Å². The fourth-order valence-electron chi connectivity index (χ4n) is 3.24. The predicted molar refractivity (Wildman–Crippen MR) is 109 cm³/mol. The zero-order valence-corrected chi connectivity index (χ0v) is 16.2. The summed E-state index contributed by atoms with van der Waals surface area (Å²) in [6, 6.07) is 21.8. The Morgan fingerprint density at radius 1 is 0.724 bits per heavy atom. The second-order valence-corrected chi connectivity index (χ2v) is 8.36. The average molecular weight is 406 g/mol. The van der Waals surface area contributed by atoms with E-state index in [1.54, 1.807) is 66.7 Å². The standard InChI is InChI=1S/C22H18N2O4S/c25-21-19-8-4-5-9-20(19)22(26)24(21)15-14-16-10-12-17(13-11-16)23-29(27,28)18-6-2-1-3-7-18/h1-13,23H,14-15H2. The van der Waals surface area contributed by atoms with Crippen molar-refractivity contribution in [1.82, 2.24) is 4.90 Å². The highest BCUT2D eigenvalue weighted by molar-refractivity contribution is 7.92. The van der Waals surface area contributed by atoms with Crippen molar-refractivity contribution in [3.05, 3.63) is 95.6 Å². The van der Waals surface area contributed by atoms with Crippen LogP contribution in [0.5, 0.6) is 0 Å². The number of anilines is 1. The number of amides is 2. The summed E-state index contributed by atoms with van der Waals surface area (Å²) in [5.41, 5.74) is 2.20. The van der Waals surface area contributed by atoms with Crippen molar-refractivity contribution < 1.29 is 18.0 Å². The molecule has 1 heterocycles. The first kappa shape index (κ1) is 18.9. The molecule has 146 valence electrons. The molecule has 2 amide bonds. The van der Waals surface area contributed by atoms with E-state index in [9.17, 15) is 18.0 Å². The SMILES string of the molecule is O=C1c2ccccc2C(=O)N1CCc1ccc(NS(=O)(=O)c2ccccc2)cc1. The number of benzene rings is 3. The largest absolute Gasteiger partial charge is 0.280 e. The monoisotopic (exact) mass is 406 g/mol. The van der Waals surface area contributed by atoms with Crippen molar-refractivity contribution in [3.63, 3.8) is 0 Å². The Morgan fingerprint density at radius 2 is 1.28 bits per heavy atom. The van der Waals surface area contributed by atoms with Crippen LogP contribution in [-0.4, -0.2) is 31.7 Å². The minimum Gasteiger partial charge on any atom is -0.280 e. The molecule has 7 heteroatoms. The molecule has 0 saturated heterocycles. The molecule has 3 aromatic rings. The summed E-state index contributed by atoms with van der Waals surface area (Å²) < 4.78 is 27.3. The van der Waals surface area contributed by atoms with Gasteiger partial charge in [-0.15, -0.1) is 0 Å². The van der Waals surface area contributed by atoms with Gasteiger partial charge in [-0.2, -0.15) is 0 Å². The molecule has 0 saturated carbocycles. The minimum atomic E-state index is -3.64. The number of carbonyl (C=O) groups is 2. The van der Waals surface area contributed by atoms with Crippen LogP contribution in [0.4, 0.5) is 5.69 Å². The van der Waals surface area contributed by atoms with Gasteiger partial charge < -0.3 is 0 Å². The van der Waals surface area contributed by atoms with Crippen LogP contribution in [0.3, 0.4) is 0 Å². The van der Waals surface area contributed by atoms with E-state index in [1.165, 1.54) is 17.0 Å². The third kappa shape index (κ3) is 3.77. The topological polar surface area (TPSA) is 83.6 Å². The Kier molecular flexibility index (Phi) is 4.90. The van der Waals surface area contributed by atoms with Gasteiger partial charge in [0.05, 0.1) is 16.0 Å². The average Bonchev–Trinajstić information content (AvgIpc) is 2.98. The number of imide groups is 1. The van der Waals surface area contributed by atoms with Gasteiger partial charge in [-0.25, -0.2) is 8.42 Å². The van der Waals surface area contributed by atoms with Crippen molar-refractivity contribution >= 4 is 27.5 Å². The van der Waals surface area contributed by atoms with Crippen molar-refractivity contribution in [2.24, 2.45) is 0 Å². The van der Waals surface area contributed by atoms with Crippen LogP contribution in [0.2, 0.25) is 0 Å². The van der Waals surface area contributed by atoms with Gasteiger partial charge >= 0.3 is 0 Å². The molecule has 29 heavy (non-hydrogen) atoms. The second kappa shape index (κ2) is 7.52. The quantitative estimate of drug-likeness (QED) is 0.637. The molecule has 3 aromatic carbocycles. The summed E-state index contributed by atoms with van der Waals surface area (Å²) in [5.74, 6) is -0.560. The first-order valence-electron chi connectivity index (χ1n) is 9.08. The lowest BCUT2D eigenvalue weighted by Crippen LogP contribution is -2.31. The minimum absolute atomic E-state index is 0.190. The highest BCUT2D eigenvalue weighted by Crippen LogP contribution is 2.23. The van der Waals surface area contributed by atoms with E-state index in [0.29, 0.717) is 23.2 Å². The molecule has 4 rings (SSSR count). The van der Waals surface area contributed by atoms with Crippen LogP contribution in [0, 0.1) is 0 Å². The Hall–Kier alpha value is -3.45. The maximum absolute atomic E-state index is 12.4. The van der Waals surface area contributed by atoms with Gasteiger partial charge in [0.15, 0.2) is 0 Å². The van der Waals surface area contributed by atoms with Crippen molar-refractivity contribution in [3.8, 4) is 0 Å². The molecule has 0 spiro atoms. The summed E-state index contributed by atoms with van der Waals surface area (Å²) in [4.78, 5) is 26.2. The van der Waals surface area contributed by atoms with Gasteiger partial charge in [0.2, 0.25) is 0 Å². The smallest absolute Gasteiger partial charge is 0.261 e. The van der Waals surface area contributed by atoms with Crippen LogP contribution in [0.15, 0.2) is 83.8 Å². The summed E-state index contributed by atoms with van der Waals surface area (Å²) >= 11 is 0. The molecule has 0 radical (unpaired) electrons. The molecule has 0 fully saturated rings. The number of nitrogens with zero attached hydrogens (tertiary/aromatic N) is 1. The first-order valence-corrected chi connectivity index (χ1v) is 10.6. The number of fused-ring (bicyclic) bond motifs is 1. The van der Waals surface area contributed by atoms with Gasteiger partial charge in [-0.3, -0.25) is 19.2 Å². The number of hydrogen-bond donors (Lipinski definition) is 1. The maximum Gasteiger partial charge on any atom is 0.261 e. The molecule has 0 unspecified atom stereocenters. The van der Waals surface area contributed by atoms with Crippen LogP contribution in [0.25, 0.3) is 0 Å². The van der Waals surface area contributed by atoms with E-state index in [0.717, 1.165) is 5.56 Å². The zero-order chi connectivity index (χ0) is 20.4. The molecule has 6 nitrogen and oxygen atoms in total. The fourth-order valence-corrected chi connectivity index (χ4v) is 4.32. The molecular formula is C22H18N2O4S. The number of sulfonamides is 1. The van der Waals surface area contributed by atoms with Gasteiger partial charge in [-0.1, -0.05) is 42.5 Å². The van der Waals surface area contributed by atoms with E-state index in [-0.39, 0.29) is 23.3 Å². The molecule has 0 bridgehead atoms. The number of nitrogens with one attached hydrogen (secondary N) is 1. The summed E-state index contributed by atoms with van der Waals surface area (Å²) in [6.07, 6.45) is 0.483. The van der Waals surface area contributed by atoms with Gasteiger partial charge in [-0.05, 0) is 48.4 Å². The fraction of sp³-hybridized carbons (Fsp3) is 0.0909.